The van der Waals surface area contributed by atoms with E-state index in [1.54, 1.807) is 0 Å². The van der Waals surface area contributed by atoms with E-state index in [0.29, 0.717) is 0 Å². The fraction of sp³-hybridized carbons (Fsp3) is 0.750. The molecule has 20 heavy (non-hydrogen) atoms. The van der Waals surface area contributed by atoms with Crippen molar-refractivity contribution in [3.8, 4) is 0 Å². The van der Waals surface area contributed by atoms with Crippen LogP contribution in [0.1, 0.15) is 55.4 Å². The first-order valence-corrected chi connectivity index (χ1v) is 7.70. The van der Waals surface area contributed by atoms with Crippen LogP contribution in [0.15, 0.2) is 0 Å². The Morgan fingerprint density at radius 2 is 1.90 bits per heavy atom. The minimum atomic E-state index is -0.294. The Labute approximate surface area is 122 Å². The number of hydrogen-bond acceptors (Lipinski definition) is 4. The molecule has 1 fully saturated rings. The van der Waals surface area contributed by atoms with Crippen molar-refractivity contribution >= 4 is 0 Å². The van der Waals surface area contributed by atoms with Gasteiger partial charge in [-0.3, -0.25) is 0 Å². The molecule has 0 radical (unpaired) electrons. The number of nitrogens with one attached hydrogen (secondary N) is 1. The first-order chi connectivity index (χ1) is 9.57. The molecular weight excluding hydrogens is 250 g/mol. The zero-order chi connectivity index (χ0) is 14.6. The summed E-state index contributed by atoms with van der Waals surface area (Å²) in [5.41, 5.74) is 3.22. The van der Waals surface area contributed by atoms with Crippen LogP contribution in [0.5, 0.6) is 0 Å². The van der Waals surface area contributed by atoms with Gasteiger partial charge in [0.15, 0.2) is 5.82 Å². The number of ether oxygens (including phenoxy) is 1. The smallest absolute Gasteiger partial charge is 0.160 e. The highest BCUT2D eigenvalue weighted by atomic mass is 16.5. The van der Waals surface area contributed by atoms with Gasteiger partial charge in [0.1, 0.15) is 5.60 Å². The molecular formula is C16H27N3O. The first-order valence-electron chi connectivity index (χ1n) is 7.70. The number of aryl methyl sites for hydroxylation is 2. The lowest BCUT2D eigenvalue weighted by Crippen LogP contribution is -2.33. The molecule has 1 aromatic heterocycles. The molecule has 4 heteroatoms. The molecule has 1 aliphatic rings. The molecule has 1 aromatic rings. The first kappa shape index (κ1) is 15.4. The van der Waals surface area contributed by atoms with Crippen molar-refractivity contribution in [3.05, 3.63) is 22.8 Å². The van der Waals surface area contributed by atoms with Gasteiger partial charge in [-0.25, -0.2) is 9.97 Å². The average Bonchev–Trinajstić information content (AvgIpc) is 2.42. The van der Waals surface area contributed by atoms with E-state index in [4.69, 9.17) is 14.7 Å². The zero-order valence-corrected chi connectivity index (χ0v) is 13.3. The molecule has 1 aliphatic heterocycles. The molecule has 112 valence electrons. The Bertz CT molecular complexity index is 430. The highest BCUT2D eigenvalue weighted by Gasteiger charge is 2.33. The van der Waals surface area contributed by atoms with Crippen molar-refractivity contribution in [2.75, 3.05) is 20.2 Å². The molecule has 0 bridgehead atoms. The van der Waals surface area contributed by atoms with Crippen LogP contribution in [0.3, 0.4) is 0 Å². The summed E-state index contributed by atoms with van der Waals surface area (Å²) in [5.74, 6) is 0.865. The normalized spacial score (nSPS) is 23.0. The highest BCUT2D eigenvalue weighted by Crippen LogP contribution is 2.33. The van der Waals surface area contributed by atoms with Gasteiger partial charge in [-0.1, -0.05) is 0 Å². The lowest BCUT2D eigenvalue weighted by atomic mass is 9.94. The van der Waals surface area contributed by atoms with Gasteiger partial charge in [-0.15, -0.1) is 0 Å². The maximum atomic E-state index is 5.96. The molecule has 0 aromatic carbocycles. The van der Waals surface area contributed by atoms with Gasteiger partial charge in [0, 0.05) is 18.0 Å². The van der Waals surface area contributed by atoms with Crippen LogP contribution in [0.25, 0.3) is 0 Å². The van der Waals surface area contributed by atoms with Crippen LogP contribution in [0.4, 0.5) is 0 Å². The van der Waals surface area contributed by atoms with Crippen molar-refractivity contribution in [3.63, 3.8) is 0 Å². The molecule has 1 unspecified atom stereocenters. The molecule has 1 atom stereocenters. The molecule has 0 saturated carbocycles. The van der Waals surface area contributed by atoms with E-state index in [-0.39, 0.29) is 5.60 Å². The van der Waals surface area contributed by atoms with Gasteiger partial charge in [0.2, 0.25) is 0 Å². The molecule has 0 spiro atoms. The molecule has 4 nitrogen and oxygen atoms in total. The molecule has 2 rings (SSSR count). The number of aromatic nitrogens is 2. The summed E-state index contributed by atoms with van der Waals surface area (Å²) in [6.45, 7) is 8.17. The average molecular weight is 277 g/mol. The Kier molecular flexibility index (Phi) is 5.11. The SMILES string of the molecule is CNCCCc1c(C)nc(C2(C)CCCCO2)nc1C. The molecule has 1 N–H and O–H groups in total. The predicted octanol–water partition coefficient (Wildman–Crippen LogP) is 2.66. The van der Waals surface area contributed by atoms with E-state index in [1.807, 2.05) is 7.05 Å². The highest BCUT2D eigenvalue weighted by molar-refractivity contribution is 5.26. The van der Waals surface area contributed by atoms with Crippen molar-refractivity contribution in [1.29, 1.82) is 0 Å². The maximum absolute atomic E-state index is 5.96. The summed E-state index contributed by atoms with van der Waals surface area (Å²) in [4.78, 5) is 9.50. The van der Waals surface area contributed by atoms with Crippen molar-refractivity contribution < 1.29 is 4.74 Å². The van der Waals surface area contributed by atoms with E-state index < -0.39 is 0 Å². The topological polar surface area (TPSA) is 47.0 Å². The van der Waals surface area contributed by atoms with Gasteiger partial charge in [-0.2, -0.15) is 0 Å². The second-order valence-electron chi connectivity index (χ2n) is 5.94. The van der Waals surface area contributed by atoms with E-state index in [0.717, 1.165) is 56.0 Å². The van der Waals surface area contributed by atoms with Crippen LogP contribution >= 0.6 is 0 Å². The molecule has 2 heterocycles. The van der Waals surface area contributed by atoms with Gasteiger partial charge in [0.25, 0.3) is 0 Å². The third-order valence-electron chi connectivity index (χ3n) is 4.22. The largest absolute Gasteiger partial charge is 0.367 e. The number of hydrogen-bond donors (Lipinski definition) is 1. The fourth-order valence-electron chi connectivity index (χ4n) is 2.89. The predicted molar refractivity (Wildman–Crippen MR) is 80.9 cm³/mol. The lowest BCUT2D eigenvalue weighted by Gasteiger charge is -2.33. The quantitative estimate of drug-likeness (QED) is 0.841. The van der Waals surface area contributed by atoms with Crippen LogP contribution in [-0.4, -0.2) is 30.2 Å². The minimum Gasteiger partial charge on any atom is -0.367 e. The molecule has 1 saturated heterocycles. The Morgan fingerprint density at radius 1 is 1.20 bits per heavy atom. The number of rotatable bonds is 5. The summed E-state index contributed by atoms with van der Waals surface area (Å²) in [7, 11) is 1.99. The van der Waals surface area contributed by atoms with E-state index >= 15 is 0 Å². The Hall–Kier alpha value is -1.00. The second-order valence-corrected chi connectivity index (χ2v) is 5.94. The van der Waals surface area contributed by atoms with Gasteiger partial charge < -0.3 is 10.1 Å². The van der Waals surface area contributed by atoms with Crippen LogP contribution in [0, 0.1) is 13.8 Å². The van der Waals surface area contributed by atoms with Gasteiger partial charge in [0.05, 0.1) is 0 Å². The van der Waals surface area contributed by atoms with E-state index in [9.17, 15) is 0 Å². The van der Waals surface area contributed by atoms with Crippen molar-refractivity contribution in [2.45, 2.75) is 58.5 Å². The van der Waals surface area contributed by atoms with Crippen LogP contribution in [-0.2, 0) is 16.8 Å². The van der Waals surface area contributed by atoms with E-state index in [1.165, 1.54) is 12.0 Å². The summed E-state index contributed by atoms with van der Waals surface area (Å²) in [6, 6.07) is 0. The Morgan fingerprint density at radius 3 is 2.45 bits per heavy atom. The number of nitrogens with zero attached hydrogens (tertiary/aromatic N) is 2. The van der Waals surface area contributed by atoms with Crippen molar-refractivity contribution in [1.82, 2.24) is 15.3 Å². The zero-order valence-electron chi connectivity index (χ0n) is 13.3. The summed E-state index contributed by atoms with van der Waals surface area (Å²) >= 11 is 0. The summed E-state index contributed by atoms with van der Waals surface area (Å²) in [6.07, 6.45) is 5.52. The van der Waals surface area contributed by atoms with Gasteiger partial charge in [-0.05, 0) is 72.0 Å². The summed E-state index contributed by atoms with van der Waals surface area (Å²) in [5, 5.41) is 3.19. The van der Waals surface area contributed by atoms with Gasteiger partial charge >= 0.3 is 0 Å². The van der Waals surface area contributed by atoms with E-state index in [2.05, 4.69) is 26.1 Å². The third kappa shape index (κ3) is 3.36. The second kappa shape index (κ2) is 6.64. The monoisotopic (exact) mass is 277 g/mol. The summed E-state index contributed by atoms with van der Waals surface area (Å²) < 4.78 is 5.96. The standard InChI is InChI=1S/C16H27N3O/c1-12-14(8-7-10-17-4)13(2)19-15(18-12)16(3)9-5-6-11-20-16/h17H,5-11H2,1-4H3. The molecule has 0 amide bonds. The third-order valence-corrected chi connectivity index (χ3v) is 4.22. The Balaban J connectivity index is 2.20. The fourth-order valence-corrected chi connectivity index (χ4v) is 2.89. The van der Waals surface area contributed by atoms with Crippen LogP contribution < -0.4 is 5.32 Å². The maximum Gasteiger partial charge on any atom is 0.160 e. The molecule has 0 aliphatic carbocycles. The van der Waals surface area contributed by atoms with Crippen LogP contribution in [0.2, 0.25) is 0 Å². The van der Waals surface area contributed by atoms with Crippen molar-refractivity contribution in [2.24, 2.45) is 0 Å². The lowest BCUT2D eigenvalue weighted by molar-refractivity contribution is -0.0762. The minimum absolute atomic E-state index is 0.294.